The highest BCUT2D eigenvalue weighted by Crippen LogP contribution is 2.33. The van der Waals surface area contributed by atoms with E-state index in [0.717, 1.165) is 64.2 Å². The van der Waals surface area contributed by atoms with E-state index in [0.29, 0.717) is 6.42 Å². The summed E-state index contributed by atoms with van der Waals surface area (Å²) in [5, 5.41) is 120. The Hall–Kier alpha value is -1.73. The maximum Gasteiger partial charge on any atom is 0.220 e. The van der Waals surface area contributed by atoms with Gasteiger partial charge in [-0.25, -0.2) is 0 Å². The molecule has 3 heterocycles. The first-order valence-corrected chi connectivity index (χ1v) is 28.1. The predicted octanol–water partition coefficient (Wildman–Crippen LogP) is 3.59. The van der Waals surface area contributed by atoms with E-state index in [2.05, 4.69) is 31.3 Å². The van der Waals surface area contributed by atoms with Crippen LogP contribution in [0.15, 0.2) is 24.3 Å². The smallest absolute Gasteiger partial charge is 0.220 e. The number of amides is 1. The minimum absolute atomic E-state index is 0.234. The van der Waals surface area contributed by atoms with E-state index in [9.17, 15) is 61.0 Å². The van der Waals surface area contributed by atoms with Crippen molar-refractivity contribution in [3.8, 4) is 0 Å². The third-order valence-corrected chi connectivity index (χ3v) is 14.2. The third kappa shape index (κ3) is 23.8. The van der Waals surface area contributed by atoms with E-state index >= 15 is 0 Å². The molecule has 73 heavy (non-hydrogen) atoms. The molecule has 3 rings (SSSR count). The van der Waals surface area contributed by atoms with Gasteiger partial charge in [-0.3, -0.25) is 4.79 Å². The summed E-state index contributed by atoms with van der Waals surface area (Å²) in [5.74, 6) is -0.286. The molecule has 19 nitrogen and oxygen atoms in total. The van der Waals surface area contributed by atoms with E-state index in [1.165, 1.54) is 89.9 Å². The van der Waals surface area contributed by atoms with Gasteiger partial charge in [0.25, 0.3) is 0 Å². The molecule has 3 saturated heterocycles. The van der Waals surface area contributed by atoms with Gasteiger partial charge in [0.05, 0.1) is 38.6 Å². The predicted molar refractivity (Wildman–Crippen MR) is 273 cm³/mol. The highest BCUT2D eigenvalue weighted by Gasteiger charge is 2.53. The zero-order valence-corrected chi connectivity index (χ0v) is 44.1. The number of hydrogen-bond donors (Lipinski definition) is 12. The van der Waals surface area contributed by atoms with Crippen LogP contribution in [-0.4, -0.2) is 193 Å². The number of ether oxygens (including phenoxy) is 6. The Kier molecular flexibility index (Phi) is 34.8. The van der Waals surface area contributed by atoms with Crippen LogP contribution in [0.4, 0.5) is 0 Å². The molecule has 3 fully saturated rings. The van der Waals surface area contributed by atoms with Gasteiger partial charge in [0, 0.05) is 6.42 Å². The van der Waals surface area contributed by atoms with Gasteiger partial charge in [-0.1, -0.05) is 154 Å². The molecular formula is C54H99NO18. The molecular weight excluding hydrogens is 951 g/mol. The topological polar surface area (TPSA) is 307 Å². The van der Waals surface area contributed by atoms with E-state index in [4.69, 9.17) is 28.4 Å². The minimum Gasteiger partial charge on any atom is -0.394 e. The number of allylic oxidation sites excluding steroid dienone is 3. The molecule has 0 aromatic rings. The second-order valence-corrected chi connectivity index (χ2v) is 20.4. The van der Waals surface area contributed by atoms with Crippen molar-refractivity contribution < 1.29 is 89.4 Å². The van der Waals surface area contributed by atoms with Gasteiger partial charge in [0.2, 0.25) is 5.91 Å². The molecule has 0 spiro atoms. The lowest BCUT2D eigenvalue weighted by atomic mass is 9.96. The summed E-state index contributed by atoms with van der Waals surface area (Å²) in [6, 6.07) is -0.973. The fourth-order valence-corrected chi connectivity index (χ4v) is 9.54. The van der Waals surface area contributed by atoms with Crippen molar-refractivity contribution in [2.45, 2.75) is 285 Å². The lowest BCUT2D eigenvalue weighted by molar-refractivity contribution is -0.379. The van der Waals surface area contributed by atoms with Gasteiger partial charge >= 0.3 is 0 Å². The molecule has 1 amide bonds. The largest absolute Gasteiger partial charge is 0.394 e. The summed E-state index contributed by atoms with van der Waals surface area (Å²) < 4.78 is 34.2. The Bertz CT molecular complexity index is 1440. The first-order chi connectivity index (χ1) is 35.3. The van der Waals surface area contributed by atoms with Crippen LogP contribution in [0.2, 0.25) is 0 Å². The molecule has 12 N–H and O–H groups in total. The molecule has 0 bridgehead atoms. The van der Waals surface area contributed by atoms with Gasteiger partial charge in [-0.2, -0.15) is 0 Å². The van der Waals surface area contributed by atoms with Crippen LogP contribution in [0.5, 0.6) is 0 Å². The van der Waals surface area contributed by atoms with Crippen molar-refractivity contribution >= 4 is 5.91 Å². The highest BCUT2D eigenvalue weighted by atomic mass is 16.8. The van der Waals surface area contributed by atoms with Crippen LogP contribution in [0.25, 0.3) is 0 Å². The van der Waals surface area contributed by atoms with Crippen LogP contribution >= 0.6 is 0 Å². The van der Waals surface area contributed by atoms with Crippen molar-refractivity contribution in [2.75, 3.05) is 26.4 Å². The number of rotatable bonds is 40. The normalized spacial score (nSPS) is 31.9. The van der Waals surface area contributed by atoms with E-state index < -0.39 is 124 Å². The monoisotopic (exact) mass is 1050 g/mol. The van der Waals surface area contributed by atoms with E-state index in [-0.39, 0.29) is 18.9 Å². The molecule has 0 aliphatic carbocycles. The number of aliphatic hydroxyl groups excluding tert-OH is 11. The minimum atomic E-state index is -1.98. The van der Waals surface area contributed by atoms with Crippen LogP contribution in [-0.2, 0) is 33.2 Å². The number of nitrogens with one attached hydrogen (secondary N) is 1. The number of aliphatic hydroxyl groups is 11. The maximum atomic E-state index is 13.3. The Morgan fingerprint density at radius 2 is 0.863 bits per heavy atom. The summed E-state index contributed by atoms with van der Waals surface area (Å²) in [4.78, 5) is 13.3. The Morgan fingerprint density at radius 3 is 1.33 bits per heavy atom. The second kappa shape index (κ2) is 38.8. The maximum absolute atomic E-state index is 13.3. The standard InChI is InChI=1S/C54H99NO18/c1-3-5-7-9-11-13-15-17-18-20-22-24-26-28-30-32-42(60)55-37(38(59)31-29-27-25-23-21-19-16-14-12-10-8-6-4-2)36-68-52-48(66)45(63)50(40(34-57)70-52)73-54-49(67)46(64)51(41(35-58)71-54)72-53-47(65)44(62)43(61)39(33-56)69-53/h17-18,29,31,37-41,43-54,56-59,61-67H,3-16,19-28,30,32-36H2,1-2H3,(H,55,60)/b18-17-,31-29+. The number of carbonyl (C=O) groups is 1. The summed E-state index contributed by atoms with van der Waals surface area (Å²) in [6.07, 6.45) is 10.2. The van der Waals surface area contributed by atoms with Crippen molar-refractivity contribution in [1.29, 1.82) is 0 Å². The fourth-order valence-electron chi connectivity index (χ4n) is 9.54. The molecule has 428 valence electrons. The quantitative estimate of drug-likeness (QED) is 0.0308. The molecule has 17 atom stereocenters. The SMILES string of the molecule is CCCCCCCC/C=C\CCCCCCCC(=O)NC(COC1OC(CO)C(OC2OC(CO)C(OC3OC(CO)C(O)C(O)C3O)C(O)C2O)C(O)C1O)C(O)/C=C/CCCCCCCCCCCCC. The zero-order valence-electron chi connectivity index (χ0n) is 44.1. The van der Waals surface area contributed by atoms with Gasteiger partial charge in [0.15, 0.2) is 18.9 Å². The van der Waals surface area contributed by atoms with E-state index in [1.54, 1.807) is 6.08 Å². The third-order valence-electron chi connectivity index (χ3n) is 14.2. The van der Waals surface area contributed by atoms with Crippen LogP contribution in [0.1, 0.15) is 181 Å². The molecule has 3 aliphatic heterocycles. The molecule has 3 aliphatic rings. The van der Waals surface area contributed by atoms with Crippen molar-refractivity contribution in [3.05, 3.63) is 24.3 Å². The van der Waals surface area contributed by atoms with Crippen LogP contribution < -0.4 is 5.32 Å². The average molecular weight is 1050 g/mol. The summed E-state index contributed by atoms with van der Waals surface area (Å²) in [7, 11) is 0. The summed E-state index contributed by atoms with van der Waals surface area (Å²) in [5.41, 5.74) is 0. The molecule has 0 aromatic carbocycles. The molecule has 0 radical (unpaired) electrons. The van der Waals surface area contributed by atoms with E-state index in [1.807, 2.05) is 6.08 Å². The van der Waals surface area contributed by atoms with Gasteiger partial charge < -0.3 is 89.9 Å². The lowest BCUT2D eigenvalue weighted by Crippen LogP contribution is -2.66. The van der Waals surface area contributed by atoms with Crippen LogP contribution in [0.3, 0.4) is 0 Å². The van der Waals surface area contributed by atoms with Crippen LogP contribution in [0, 0.1) is 0 Å². The number of unbranched alkanes of at least 4 members (excludes halogenated alkanes) is 22. The first-order valence-electron chi connectivity index (χ1n) is 28.1. The summed E-state index contributed by atoms with van der Waals surface area (Å²) in [6.45, 7) is 1.68. The molecule has 17 unspecified atom stereocenters. The fraction of sp³-hybridized carbons (Fsp3) is 0.907. The van der Waals surface area contributed by atoms with Crippen molar-refractivity contribution in [2.24, 2.45) is 0 Å². The summed E-state index contributed by atoms with van der Waals surface area (Å²) >= 11 is 0. The van der Waals surface area contributed by atoms with Gasteiger partial charge in [-0.05, 0) is 44.9 Å². The molecule has 0 aromatic heterocycles. The van der Waals surface area contributed by atoms with Crippen molar-refractivity contribution in [3.63, 3.8) is 0 Å². The lowest BCUT2D eigenvalue weighted by Gasteiger charge is -2.48. The van der Waals surface area contributed by atoms with Gasteiger partial charge in [-0.15, -0.1) is 0 Å². The van der Waals surface area contributed by atoms with Crippen molar-refractivity contribution in [1.82, 2.24) is 5.32 Å². The number of carbonyl (C=O) groups excluding carboxylic acids is 1. The zero-order chi connectivity index (χ0) is 53.4. The Morgan fingerprint density at radius 1 is 0.479 bits per heavy atom. The number of hydrogen-bond acceptors (Lipinski definition) is 18. The van der Waals surface area contributed by atoms with Gasteiger partial charge in [0.1, 0.15) is 73.2 Å². The first kappa shape index (κ1) is 65.6. The Balaban J connectivity index is 1.54. The molecule has 0 saturated carbocycles. The average Bonchev–Trinajstić information content (AvgIpc) is 3.39. The molecule has 19 heteroatoms. The Labute approximate surface area is 435 Å². The second-order valence-electron chi connectivity index (χ2n) is 20.4. The highest BCUT2D eigenvalue weighted by molar-refractivity contribution is 5.76.